The van der Waals surface area contributed by atoms with Crippen LogP contribution in [0.3, 0.4) is 0 Å². The highest BCUT2D eigenvalue weighted by molar-refractivity contribution is 8.03. The van der Waals surface area contributed by atoms with Crippen LogP contribution in [-0.2, 0) is 14.4 Å². The minimum atomic E-state index is -1.16. The molecule has 42 heavy (non-hydrogen) atoms. The maximum Gasteiger partial charge on any atom is 0.353 e. The van der Waals surface area contributed by atoms with Gasteiger partial charge in [0.25, 0.3) is 5.91 Å². The Morgan fingerprint density at radius 1 is 1.26 bits per heavy atom. The van der Waals surface area contributed by atoms with E-state index >= 15 is 0 Å². The van der Waals surface area contributed by atoms with Gasteiger partial charge in [-0.25, -0.2) is 4.79 Å². The Hall–Kier alpha value is -3.82. The number of β-lactam (4-membered cyclic amide) rings is 1. The first kappa shape index (κ1) is 28.3. The summed E-state index contributed by atoms with van der Waals surface area (Å²) in [5, 5.41) is 27.5. The number of aromatic nitrogens is 4. The summed E-state index contributed by atoms with van der Waals surface area (Å²) in [6, 6.07) is 5.58. The first-order chi connectivity index (χ1) is 20.2. The van der Waals surface area contributed by atoms with Gasteiger partial charge in [0.2, 0.25) is 11.8 Å². The zero-order valence-electron chi connectivity index (χ0n) is 23.2. The third kappa shape index (κ3) is 4.84. The van der Waals surface area contributed by atoms with E-state index in [1.165, 1.54) is 27.7 Å². The molecule has 5 N–H and O–H groups in total. The Morgan fingerprint density at radius 3 is 2.74 bits per heavy atom. The Morgan fingerprint density at radius 2 is 2.05 bits per heavy atom. The van der Waals surface area contributed by atoms with Crippen LogP contribution in [0.4, 0.5) is 0 Å². The van der Waals surface area contributed by atoms with Gasteiger partial charge in [0, 0.05) is 47.8 Å². The zero-order chi connectivity index (χ0) is 29.7. The maximum absolute atomic E-state index is 13.4. The second-order valence-electron chi connectivity index (χ2n) is 11.3. The minimum Gasteiger partial charge on any atom is -0.477 e. The Bertz CT molecular complexity index is 1450. The van der Waals surface area contributed by atoms with Crippen molar-refractivity contribution < 1.29 is 24.3 Å². The van der Waals surface area contributed by atoms with E-state index in [-0.39, 0.29) is 40.8 Å². The molecule has 3 amide bonds. The average Bonchev–Trinajstić information content (AvgIpc) is 3.77. The zero-order valence-corrected chi connectivity index (χ0v) is 24.0. The van der Waals surface area contributed by atoms with Gasteiger partial charge in [0.1, 0.15) is 12.0 Å². The van der Waals surface area contributed by atoms with E-state index in [1.807, 2.05) is 6.92 Å². The lowest BCUT2D eigenvalue weighted by molar-refractivity contribution is -0.158. The number of fused-ring (bicyclic) bond motifs is 1. The number of amides is 3. The summed E-state index contributed by atoms with van der Waals surface area (Å²) >= 11 is 1.44. The Labute approximate surface area is 246 Å². The van der Waals surface area contributed by atoms with Crippen LogP contribution in [0.2, 0.25) is 0 Å². The molecule has 0 unspecified atom stereocenters. The molecule has 7 atom stereocenters. The molecular weight excluding hydrogens is 562 g/mol. The normalized spacial score (nSPS) is 29.5. The van der Waals surface area contributed by atoms with Crippen LogP contribution in [0.15, 0.2) is 41.2 Å². The van der Waals surface area contributed by atoms with Gasteiger partial charge < -0.3 is 31.3 Å². The number of thioether (sulfide) groups is 1. The largest absolute Gasteiger partial charge is 0.477 e. The summed E-state index contributed by atoms with van der Waals surface area (Å²) in [4.78, 5) is 55.8. The predicted octanol–water partition coefficient (Wildman–Crippen LogP) is -0.423. The van der Waals surface area contributed by atoms with Gasteiger partial charge in [-0.2, -0.15) is 4.68 Å². The highest BCUT2D eigenvalue weighted by atomic mass is 32.2. The highest BCUT2D eigenvalue weighted by Crippen LogP contribution is 2.52. The predicted molar refractivity (Wildman–Crippen MR) is 151 cm³/mol. The van der Waals surface area contributed by atoms with E-state index in [1.54, 1.807) is 36.1 Å². The molecule has 1 aromatic heterocycles. The summed E-state index contributed by atoms with van der Waals surface area (Å²) in [6.07, 6.45) is 2.74. The number of aliphatic carboxylic acids is 1. The molecule has 0 radical (unpaired) electrons. The van der Waals surface area contributed by atoms with Gasteiger partial charge >= 0.3 is 5.97 Å². The second kappa shape index (κ2) is 11.1. The van der Waals surface area contributed by atoms with Crippen LogP contribution in [0.5, 0.6) is 0 Å². The lowest BCUT2D eigenvalue weighted by atomic mass is 9.78. The minimum absolute atomic E-state index is 0.00148. The third-order valence-corrected chi connectivity index (χ3v) is 10.2. The number of carbonyl (C=O) groups excluding carboxylic acids is 3. The molecule has 1 aromatic carbocycles. The third-order valence-electron chi connectivity index (χ3n) is 8.65. The van der Waals surface area contributed by atoms with E-state index in [0.29, 0.717) is 42.2 Å². The summed E-state index contributed by atoms with van der Waals surface area (Å²) in [6.45, 7) is 5.45. The Balaban J connectivity index is 1.14. The van der Waals surface area contributed by atoms with Gasteiger partial charge in [0.15, 0.2) is 0 Å². The lowest BCUT2D eigenvalue weighted by Crippen LogP contribution is -2.66. The molecule has 5 heterocycles. The van der Waals surface area contributed by atoms with Crippen molar-refractivity contribution >= 4 is 35.5 Å². The van der Waals surface area contributed by atoms with Crippen LogP contribution in [-0.4, -0.2) is 108 Å². The molecule has 3 saturated heterocycles. The fourth-order valence-electron chi connectivity index (χ4n) is 6.58. The number of nitrogens with zero attached hydrogens (tertiary/aromatic N) is 6. The Kier molecular flexibility index (Phi) is 7.49. The standard InChI is InChI=1S/C27H33N9O5S/c1-13-21-20(14(2)31-24(37)17-5-3-4-6-19(17)35-12-30-32-33-35)26(39)36(21)22(27(40)41)23(13)42-16-9-18(29-10-16)25(38)34-8-7-15(28)11-34/h3-6,12-16,18,20-21,29H,7-11,28H2,1-2H3,(H,31,37)(H,40,41)/t13-,14-,15-,16+,18+,20-,21-/m1/s1. The number of carbonyl (C=O) groups is 4. The summed E-state index contributed by atoms with van der Waals surface area (Å²) in [5.74, 6) is -2.68. The number of nitrogens with two attached hydrogens (primary N) is 1. The van der Waals surface area contributed by atoms with Crippen LogP contribution >= 0.6 is 11.8 Å². The van der Waals surface area contributed by atoms with Gasteiger partial charge in [-0.1, -0.05) is 19.1 Å². The van der Waals surface area contributed by atoms with Crippen molar-refractivity contribution in [1.29, 1.82) is 0 Å². The van der Waals surface area contributed by atoms with Crippen molar-refractivity contribution in [2.45, 2.75) is 56.1 Å². The quantitative estimate of drug-likeness (QED) is 0.290. The molecule has 3 fully saturated rings. The number of benzene rings is 1. The number of rotatable bonds is 8. The molecular formula is C27H33N9O5S. The smallest absolute Gasteiger partial charge is 0.353 e. The topological polar surface area (TPSA) is 189 Å². The SMILES string of the molecule is C[C@@H](NC(=O)c1ccccc1-n1cnnn1)[C@H]1C(=O)N2C(C(=O)O)=C(S[C@@H]3CN[C@H](C(=O)N4CC[C@@H](N)C4)C3)[C@H](C)[C@H]12. The van der Waals surface area contributed by atoms with Gasteiger partial charge in [-0.05, 0) is 42.3 Å². The fraction of sp³-hybridized carbons (Fsp3) is 0.519. The number of likely N-dealkylation sites (tertiary alicyclic amines) is 1. The van der Waals surface area contributed by atoms with Crippen molar-refractivity contribution in [3.05, 3.63) is 46.8 Å². The highest BCUT2D eigenvalue weighted by Gasteiger charge is 2.60. The maximum atomic E-state index is 13.4. The molecule has 0 saturated carbocycles. The molecule has 0 aliphatic carbocycles. The molecule has 222 valence electrons. The van der Waals surface area contributed by atoms with Crippen LogP contribution in [0, 0.1) is 11.8 Å². The van der Waals surface area contributed by atoms with Crippen LogP contribution in [0.1, 0.15) is 37.0 Å². The molecule has 0 spiro atoms. The monoisotopic (exact) mass is 595 g/mol. The van der Waals surface area contributed by atoms with Crippen molar-refractivity contribution in [3.63, 3.8) is 0 Å². The molecule has 4 aliphatic heterocycles. The molecule has 14 nitrogen and oxygen atoms in total. The molecule has 0 bridgehead atoms. The molecule has 6 rings (SSSR count). The number of nitrogens with one attached hydrogen (secondary N) is 2. The van der Waals surface area contributed by atoms with Crippen molar-refractivity contribution in [1.82, 2.24) is 40.6 Å². The van der Waals surface area contributed by atoms with E-state index in [9.17, 15) is 24.3 Å². The first-order valence-electron chi connectivity index (χ1n) is 14.0. The van der Waals surface area contributed by atoms with E-state index in [4.69, 9.17) is 5.73 Å². The lowest BCUT2D eigenvalue weighted by Gasteiger charge is -2.47. The number of hydrogen-bond acceptors (Lipinski definition) is 10. The van der Waals surface area contributed by atoms with Crippen LogP contribution < -0.4 is 16.4 Å². The number of tetrazole rings is 1. The van der Waals surface area contributed by atoms with E-state index in [0.717, 1.165) is 6.42 Å². The second-order valence-corrected chi connectivity index (χ2v) is 12.7. The van der Waals surface area contributed by atoms with Gasteiger partial charge in [0.05, 0.1) is 29.3 Å². The molecule has 2 aromatic rings. The number of carboxylic acids is 1. The molecule has 15 heteroatoms. The van der Waals surface area contributed by atoms with E-state index in [2.05, 4.69) is 26.2 Å². The van der Waals surface area contributed by atoms with Crippen molar-refractivity contribution in [3.8, 4) is 5.69 Å². The van der Waals surface area contributed by atoms with Crippen molar-refractivity contribution in [2.75, 3.05) is 19.6 Å². The average molecular weight is 596 g/mol. The van der Waals surface area contributed by atoms with E-state index < -0.39 is 29.9 Å². The summed E-state index contributed by atoms with van der Waals surface area (Å²) in [7, 11) is 0. The molecule has 4 aliphatic rings. The number of carboxylic acid groups (broad SMARTS) is 1. The first-order valence-corrected chi connectivity index (χ1v) is 14.9. The fourth-order valence-corrected chi connectivity index (χ4v) is 8.06. The summed E-state index contributed by atoms with van der Waals surface area (Å²) in [5.41, 5.74) is 6.81. The van der Waals surface area contributed by atoms with Gasteiger partial charge in [-0.15, -0.1) is 16.9 Å². The van der Waals surface area contributed by atoms with Crippen LogP contribution in [0.25, 0.3) is 5.69 Å². The number of para-hydroxylation sites is 1. The van der Waals surface area contributed by atoms with Gasteiger partial charge in [-0.3, -0.25) is 14.4 Å². The summed E-state index contributed by atoms with van der Waals surface area (Å²) < 4.78 is 1.39. The number of hydrogen-bond donors (Lipinski definition) is 4. The van der Waals surface area contributed by atoms with Crippen molar-refractivity contribution in [2.24, 2.45) is 17.6 Å².